The maximum atomic E-state index is 6.05. The summed E-state index contributed by atoms with van der Waals surface area (Å²) in [5.74, 6) is 0.896. The number of nitrogens with zero attached hydrogens (tertiary/aromatic N) is 1. The minimum atomic E-state index is 0.274. The molecule has 2 fully saturated rings. The molecule has 2 nitrogen and oxygen atoms in total. The van der Waals surface area contributed by atoms with Crippen LogP contribution in [0.2, 0.25) is 0 Å². The Morgan fingerprint density at radius 3 is 2.73 bits per heavy atom. The SMILES string of the molecule is CN1CCC(CC2(N)CC2)C1. The van der Waals surface area contributed by atoms with Crippen molar-refractivity contribution in [2.75, 3.05) is 20.1 Å². The van der Waals surface area contributed by atoms with E-state index in [9.17, 15) is 0 Å². The van der Waals surface area contributed by atoms with Crippen molar-refractivity contribution < 1.29 is 0 Å². The molecule has 0 radical (unpaired) electrons. The number of hydrogen-bond donors (Lipinski definition) is 1. The normalized spacial score (nSPS) is 36.0. The molecule has 0 bridgehead atoms. The van der Waals surface area contributed by atoms with E-state index in [1.54, 1.807) is 0 Å². The third-order valence-electron chi connectivity index (χ3n) is 3.08. The van der Waals surface area contributed by atoms with Gasteiger partial charge in [-0.2, -0.15) is 0 Å². The summed E-state index contributed by atoms with van der Waals surface area (Å²) < 4.78 is 0. The fourth-order valence-corrected chi connectivity index (χ4v) is 2.13. The summed E-state index contributed by atoms with van der Waals surface area (Å²) in [6.07, 6.45) is 5.19. The van der Waals surface area contributed by atoms with Crippen molar-refractivity contribution in [3.63, 3.8) is 0 Å². The molecule has 0 amide bonds. The molecule has 0 aromatic carbocycles. The minimum absolute atomic E-state index is 0.274. The highest BCUT2D eigenvalue weighted by molar-refractivity contribution is 5.00. The van der Waals surface area contributed by atoms with Gasteiger partial charge in [-0.05, 0) is 45.2 Å². The van der Waals surface area contributed by atoms with Crippen molar-refractivity contribution in [2.24, 2.45) is 11.7 Å². The van der Waals surface area contributed by atoms with Gasteiger partial charge in [0.25, 0.3) is 0 Å². The minimum Gasteiger partial charge on any atom is -0.325 e. The lowest BCUT2D eigenvalue weighted by atomic mass is 9.98. The van der Waals surface area contributed by atoms with Gasteiger partial charge in [-0.3, -0.25) is 0 Å². The van der Waals surface area contributed by atoms with Crippen molar-refractivity contribution >= 4 is 0 Å². The summed E-state index contributed by atoms with van der Waals surface area (Å²) in [6, 6.07) is 0. The van der Waals surface area contributed by atoms with E-state index in [2.05, 4.69) is 11.9 Å². The number of rotatable bonds is 2. The van der Waals surface area contributed by atoms with Crippen molar-refractivity contribution in [1.82, 2.24) is 4.90 Å². The molecule has 0 spiro atoms. The van der Waals surface area contributed by atoms with E-state index < -0.39 is 0 Å². The topological polar surface area (TPSA) is 29.3 Å². The quantitative estimate of drug-likeness (QED) is 0.638. The number of nitrogens with two attached hydrogens (primary N) is 1. The lowest BCUT2D eigenvalue weighted by Crippen LogP contribution is -2.26. The highest BCUT2D eigenvalue weighted by atomic mass is 15.1. The largest absolute Gasteiger partial charge is 0.325 e. The lowest BCUT2D eigenvalue weighted by Gasteiger charge is -2.14. The van der Waals surface area contributed by atoms with Crippen molar-refractivity contribution in [1.29, 1.82) is 0 Å². The molecular weight excluding hydrogens is 136 g/mol. The van der Waals surface area contributed by atoms with E-state index in [0.717, 1.165) is 5.92 Å². The molecule has 2 N–H and O–H groups in total. The van der Waals surface area contributed by atoms with Gasteiger partial charge in [0.15, 0.2) is 0 Å². The summed E-state index contributed by atoms with van der Waals surface area (Å²) >= 11 is 0. The molecule has 2 aliphatic rings. The summed E-state index contributed by atoms with van der Waals surface area (Å²) in [5.41, 5.74) is 6.33. The molecule has 1 heterocycles. The highest BCUT2D eigenvalue weighted by Crippen LogP contribution is 2.40. The highest BCUT2D eigenvalue weighted by Gasteiger charge is 2.40. The van der Waals surface area contributed by atoms with Gasteiger partial charge < -0.3 is 10.6 Å². The molecule has 1 unspecified atom stereocenters. The van der Waals surface area contributed by atoms with Crippen molar-refractivity contribution in [2.45, 2.75) is 31.2 Å². The van der Waals surface area contributed by atoms with Gasteiger partial charge in [0, 0.05) is 12.1 Å². The van der Waals surface area contributed by atoms with Gasteiger partial charge in [0.2, 0.25) is 0 Å². The Labute approximate surface area is 68.7 Å². The van der Waals surface area contributed by atoms with Crippen LogP contribution in [0.1, 0.15) is 25.7 Å². The smallest absolute Gasteiger partial charge is 0.0158 e. The third-order valence-corrected chi connectivity index (χ3v) is 3.08. The van der Waals surface area contributed by atoms with Crippen LogP contribution in [-0.4, -0.2) is 30.6 Å². The van der Waals surface area contributed by atoms with Crippen LogP contribution in [0.4, 0.5) is 0 Å². The van der Waals surface area contributed by atoms with E-state index in [4.69, 9.17) is 5.73 Å². The predicted molar refractivity (Wildman–Crippen MR) is 46.4 cm³/mol. The van der Waals surface area contributed by atoms with Crippen LogP contribution in [0, 0.1) is 5.92 Å². The van der Waals surface area contributed by atoms with Gasteiger partial charge in [-0.15, -0.1) is 0 Å². The standard InChI is InChI=1S/C9H18N2/c1-11-5-2-8(7-11)6-9(10)3-4-9/h8H,2-7,10H2,1H3. The van der Waals surface area contributed by atoms with Gasteiger partial charge in [-0.1, -0.05) is 0 Å². The molecule has 1 aliphatic heterocycles. The molecule has 1 saturated carbocycles. The fraction of sp³-hybridized carbons (Fsp3) is 1.00. The average Bonchev–Trinajstić information content (AvgIpc) is 2.49. The Hall–Kier alpha value is -0.0800. The van der Waals surface area contributed by atoms with Crippen LogP contribution in [0.15, 0.2) is 0 Å². The molecule has 11 heavy (non-hydrogen) atoms. The molecule has 0 aromatic heterocycles. The Kier molecular flexibility index (Phi) is 1.69. The van der Waals surface area contributed by atoms with Gasteiger partial charge >= 0.3 is 0 Å². The molecule has 1 saturated heterocycles. The number of likely N-dealkylation sites (tertiary alicyclic amines) is 1. The molecule has 1 atom stereocenters. The van der Waals surface area contributed by atoms with E-state index in [-0.39, 0.29) is 5.54 Å². The molecule has 64 valence electrons. The van der Waals surface area contributed by atoms with Gasteiger partial charge in [0.1, 0.15) is 0 Å². The van der Waals surface area contributed by atoms with Crippen LogP contribution in [-0.2, 0) is 0 Å². The zero-order chi connectivity index (χ0) is 7.90. The summed E-state index contributed by atoms with van der Waals surface area (Å²) in [5, 5.41) is 0. The lowest BCUT2D eigenvalue weighted by molar-refractivity contribution is 0.372. The Bertz CT molecular complexity index is 152. The fourth-order valence-electron chi connectivity index (χ4n) is 2.13. The molecule has 2 heteroatoms. The van der Waals surface area contributed by atoms with E-state index in [1.807, 2.05) is 0 Å². The van der Waals surface area contributed by atoms with Gasteiger partial charge in [0.05, 0.1) is 0 Å². The molecule has 0 aromatic rings. The Morgan fingerprint density at radius 1 is 1.55 bits per heavy atom. The van der Waals surface area contributed by atoms with E-state index >= 15 is 0 Å². The van der Waals surface area contributed by atoms with Crippen molar-refractivity contribution in [3.05, 3.63) is 0 Å². The van der Waals surface area contributed by atoms with E-state index in [1.165, 1.54) is 38.8 Å². The first-order valence-corrected chi connectivity index (χ1v) is 4.65. The monoisotopic (exact) mass is 154 g/mol. The maximum Gasteiger partial charge on any atom is 0.0158 e. The van der Waals surface area contributed by atoms with E-state index in [0.29, 0.717) is 0 Å². The second kappa shape index (κ2) is 2.46. The second-order valence-electron chi connectivity index (χ2n) is 4.48. The molecule has 1 aliphatic carbocycles. The summed E-state index contributed by atoms with van der Waals surface area (Å²) in [6.45, 7) is 2.56. The third kappa shape index (κ3) is 1.74. The van der Waals surface area contributed by atoms with Crippen LogP contribution in [0.25, 0.3) is 0 Å². The molecule has 2 rings (SSSR count). The average molecular weight is 154 g/mol. The zero-order valence-electron chi connectivity index (χ0n) is 7.34. The first-order valence-electron chi connectivity index (χ1n) is 4.65. The summed E-state index contributed by atoms with van der Waals surface area (Å²) in [7, 11) is 2.20. The van der Waals surface area contributed by atoms with Crippen molar-refractivity contribution in [3.8, 4) is 0 Å². The maximum absolute atomic E-state index is 6.05. The Morgan fingerprint density at radius 2 is 2.27 bits per heavy atom. The zero-order valence-corrected chi connectivity index (χ0v) is 7.34. The van der Waals surface area contributed by atoms with Crippen LogP contribution in [0.5, 0.6) is 0 Å². The van der Waals surface area contributed by atoms with Crippen LogP contribution in [0.3, 0.4) is 0 Å². The predicted octanol–water partition coefficient (Wildman–Crippen LogP) is 0.819. The second-order valence-corrected chi connectivity index (χ2v) is 4.48. The Balaban J connectivity index is 1.79. The van der Waals surface area contributed by atoms with Crippen LogP contribution >= 0.6 is 0 Å². The number of hydrogen-bond acceptors (Lipinski definition) is 2. The summed E-state index contributed by atoms with van der Waals surface area (Å²) in [4.78, 5) is 2.41. The first-order chi connectivity index (χ1) is 5.18. The first kappa shape index (κ1) is 7.56. The van der Waals surface area contributed by atoms with Crippen LogP contribution < -0.4 is 5.73 Å². The van der Waals surface area contributed by atoms with Gasteiger partial charge in [-0.25, -0.2) is 0 Å². The molecular formula is C9H18N2.